The van der Waals surface area contributed by atoms with E-state index in [1.807, 2.05) is 6.07 Å². The average Bonchev–Trinajstić information content (AvgIpc) is 2.89. The molecule has 0 saturated heterocycles. The van der Waals surface area contributed by atoms with Crippen LogP contribution in [0.15, 0.2) is 36.4 Å². The standard InChI is InChI=1S/C13H8F.C6H11.Zr/c14-12-7-3-5-10-8-9-4-1-2-6-11(9)13(10)12;1-2-4-6-5-3-1;/h1-3,5-7H,8H2;1H,2-6H2;/q;;+2. The number of benzene rings is 2. The molecule has 2 aromatic rings. The van der Waals surface area contributed by atoms with Crippen LogP contribution < -0.4 is 3.27 Å². The molecule has 0 atom stereocenters. The van der Waals surface area contributed by atoms with Gasteiger partial charge in [0.05, 0.1) is 0 Å². The van der Waals surface area contributed by atoms with Gasteiger partial charge in [0, 0.05) is 0 Å². The second-order valence-electron chi connectivity index (χ2n) is 6.26. The van der Waals surface area contributed by atoms with E-state index in [2.05, 4.69) is 24.3 Å². The number of halogens is 1. The van der Waals surface area contributed by atoms with Gasteiger partial charge in [0.25, 0.3) is 0 Å². The zero-order valence-electron chi connectivity index (χ0n) is 12.2. The van der Waals surface area contributed by atoms with Gasteiger partial charge in [-0.25, -0.2) is 0 Å². The third-order valence-electron chi connectivity index (χ3n) is 4.88. The first kappa shape index (κ1) is 13.9. The van der Waals surface area contributed by atoms with Crippen LogP contribution in [0.2, 0.25) is 3.63 Å². The van der Waals surface area contributed by atoms with E-state index in [-0.39, 0.29) is 5.82 Å². The Kier molecular flexibility index (Phi) is 3.84. The minimum atomic E-state index is -0.544. The molecule has 1 saturated carbocycles. The summed E-state index contributed by atoms with van der Waals surface area (Å²) in [7, 11) is 0. The predicted molar refractivity (Wildman–Crippen MR) is 81.1 cm³/mol. The molecule has 0 amide bonds. The second-order valence-corrected chi connectivity index (χ2v) is 10.3. The third-order valence-corrected chi connectivity index (χ3v) is 9.22. The van der Waals surface area contributed by atoms with E-state index < -0.39 is 23.2 Å². The molecule has 0 heterocycles. The topological polar surface area (TPSA) is 0 Å². The van der Waals surface area contributed by atoms with E-state index in [1.165, 1.54) is 48.8 Å². The molecule has 0 unspecified atom stereocenters. The summed E-state index contributed by atoms with van der Waals surface area (Å²) in [5.41, 5.74) is 4.69. The number of rotatable bonds is 2. The van der Waals surface area contributed by atoms with Gasteiger partial charge in [-0.1, -0.05) is 0 Å². The molecule has 0 aromatic heterocycles. The second kappa shape index (κ2) is 5.80. The number of hydrogen-bond acceptors (Lipinski definition) is 0. The van der Waals surface area contributed by atoms with E-state index in [9.17, 15) is 4.39 Å². The Morgan fingerprint density at radius 2 is 1.76 bits per heavy atom. The Bertz CT molecular complexity index is 671. The number of hydrogen-bond donors (Lipinski definition) is 0. The average molecular weight is 358 g/mol. The Hall–Kier alpha value is -0.747. The summed E-state index contributed by atoms with van der Waals surface area (Å²) in [5, 5.41) is 0. The van der Waals surface area contributed by atoms with Crippen molar-refractivity contribution in [3.8, 4) is 11.1 Å². The summed E-state index contributed by atoms with van der Waals surface area (Å²) < 4.78 is 16.8. The van der Waals surface area contributed by atoms with Crippen LogP contribution in [-0.4, -0.2) is 0 Å². The summed E-state index contributed by atoms with van der Waals surface area (Å²) in [6.45, 7) is 0. The molecule has 2 heteroatoms. The van der Waals surface area contributed by atoms with Crippen LogP contribution in [0.3, 0.4) is 0 Å². The Morgan fingerprint density at radius 1 is 0.952 bits per heavy atom. The minimum absolute atomic E-state index is 0.0496. The van der Waals surface area contributed by atoms with E-state index in [0.29, 0.717) is 0 Å². The molecular weight excluding hydrogens is 338 g/mol. The molecule has 0 spiro atoms. The molecule has 0 bridgehead atoms. The van der Waals surface area contributed by atoms with Crippen molar-refractivity contribution >= 4 is 3.27 Å². The van der Waals surface area contributed by atoms with Crippen molar-refractivity contribution in [1.29, 1.82) is 0 Å². The molecule has 104 valence electrons. The fourth-order valence-corrected chi connectivity index (χ4v) is 8.07. The van der Waals surface area contributed by atoms with E-state index in [4.69, 9.17) is 0 Å². The van der Waals surface area contributed by atoms with Crippen LogP contribution in [0.5, 0.6) is 0 Å². The maximum atomic E-state index is 14.2. The van der Waals surface area contributed by atoms with Gasteiger partial charge < -0.3 is 0 Å². The zero-order chi connectivity index (χ0) is 14.2. The van der Waals surface area contributed by atoms with Crippen LogP contribution in [0, 0.1) is 5.82 Å². The van der Waals surface area contributed by atoms with Crippen LogP contribution in [0.25, 0.3) is 11.1 Å². The molecule has 0 N–H and O–H groups in total. The fourth-order valence-electron chi connectivity index (χ4n) is 3.82. The molecule has 2 aliphatic carbocycles. The quantitative estimate of drug-likeness (QED) is 0.614. The van der Waals surface area contributed by atoms with E-state index in [1.54, 1.807) is 9.34 Å². The van der Waals surface area contributed by atoms with Gasteiger partial charge >= 0.3 is 138 Å². The predicted octanol–water partition coefficient (Wildman–Crippen LogP) is 4.86. The molecule has 2 aromatic carbocycles. The van der Waals surface area contributed by atoms with Crippen molar-refractivity contribution in [3.05, 3.63) is 53.3 Å². The van der Waals surface area contributed by atoms with Gasteiger partial charge in [-0.2, -0.15) is 0 Å². The van der Waals surface area contributed by atoms with Crippen molar-refractivity contribution in [1.82, 2.24) is 0 Å². The van der Waals surface area contributed by atoms with Crippen LogP contribution in [-0.2, 0) is 29.7 Å². The Balaban J connectivity index is 1.70. The molecule has 0 radical (unpaired) electrons. The maximum absolute atomic E-state index is 14.2. The summed E-state index contributed by atoms with van der Waals surface area (Å²) in [6, 6.07) is 12.1. The molecule has 1 fully saturated rings. The van der Waals surface area contributed by atoms with Gasteiger partial charge in [0.1, 0.15) is 0 Å². The van der Waals surface area contributed by atoms with Gasteiger partial charge in [-0.15, -0.1) is 0 Å². The van der Waals surface area contributed by atoms with Gasteiger partial charge in [-0.3, -0.25) is 0 Å². The van der Waals surface area contributed by atoms with E-state index >= 15 is 0 Å². The van der Waals surface area contributed by atoms with Crippen molar-refractivity contribution in [2.75, 3.05) is 0 Å². The van der Waals surface area contributed by atoms with Crippen molar-refractivity contribution in [3.63, 3.8) is 0 Å². The van der Waals surface area contributed by atoms with Gasteiger partial charge in [0.15, 0.2) is 0 Å². The van der Waals surface area contributed by atoms with Crippen LogP contribution in [0.4, 0.5) is 4.39 Å². The summed E-state index contributed by atoms with van der Waals surface area (Å²) in [4.78, 5) is 0. The van der Waals surface area contributed by atoms with E-state index in [0.717, 1.165) is 15.6 Å². The molecule has 4 rings (SSSR count). The fraction of sp³-hybridized carbons (Fsp3) is 0.368. The first-order chi connectivity index (χ1) is 10.3. The van der Waals surface area contributed by atoms with Gasteiger partial charge in [-0.05, 0) is 0 Å². The molecule has 0 nitrogen and oxygen atoms in total. The zero-order valence-corrected chi connectivity index (χ0v) is 14.6. The molecular formula is C19H19FZr+2. The van der Waals surface area contributed by atoms with Crippen LogP contribution >= 0.6 is 0 Å². The van der Waals surface area contributed by atoms with Crippen molar-refractivity contribution in [2.45, 2.75) is 42.2 Å². The SMILES string of the molecule is Fc1cccc2c1-c1ccc[c]([Zr+2][CH]3CCCCC3)c1C2. The first-order valence-corrected chi connectivity index (χ1v) is 10.6. The normalized spacial score (nSPS) is 17.2. The third kappa shape index (κ3) is 2.57. The molecule has 21 heavy (non-hydrogen) atoms. The van der Waals surface area contributed by atoms with Gasteiger partial charge in [0.2, 0.25) is 0 Å². The van der Waals surface area contributed by atoms with Crippen molar-refractivity contribution < 1.29 is 27.6 Å². The Labute approximate surface area is 137 Å². The first-order valence-electron chi connectivity index (χ1n) is 7.99. The van der Waals surface area contributed by atoms with Crippen LogP contribution in [0.1, 0.15) is 43.2 Å². The summed E-state index contributed by atoms with van der Waals surface area (Å²) >= 11 is -0.544. The Morgan fingerprint density at radius 3 is 2.62 bits per heavy atom. The summed E-state index contributed by atoms with van der Waals surface area (Å²) in [5.74, 6) is -0.0496. The molecule has 2 aliphatic rings. The van der Waals surface area contributed by atoms with Crippen molar-refractivity contribution in [2.24, 2.45) is 0 Å². The number of fused-ring (bicyclic) bond motifs is 3. The molecule has 0 aliphatic heterocycles. The monoisotopic (exact) mass is 356 g/mol. The summed E-state index contributed by atoms with van der Waals surface area (Å²) in [6.07, 6.45) is 8.12.